The van der Waals surface area contributed by atoms with E-state index in [4.69, 9.17) is 4.63 Å². The lowest BCUT2D eigenvalue weighted by molar-refractivity contribution is -0.383. The second-order valence-electron chi connectivity index (χ2n) is 8.68. The summed E-state index contributed by atoms with van der Waals surface area (Å²) in [6.07, 6.45) is 5.70. The molecule has 0 radical (unpaired) electrons. The van der Waals surface area contributed by atoms with Crippen LogP contribution in [-0.4, -0.2) is 42.6 Å². The van der Waals surface area contributed by atoms with E-state index in [0.717, 1.165) is 38.5 Å². The molecule has 3 rings (SSSR count). The molecule has 2 N–H and O–H groups in total. The predicted molar refractivity (Wildman–Crippen MR) is 105 cm³/mol. The van der Waals surface area contributed by atoms with E-state index < -0.39 is 10.5 Å². The largest absolute Gasteiger partial charge is 0.380 e. The lowest BCUT2D eigenvalue weighted by Gasteiger charge is -2.53. The van der Waals surface area contributed by atoms with Crippen LogP contribution < -0.4 is 5.32 Å². The number of nitrogens with one attached hydrogen (secondary N) is 1. The SMILES string of the molecule is CCCCCC1(C)CC(Nc2ccc([N+](=O)[O-])c3nonc23)CC(C)(C)N1O. The number of fused-ring (bicyclic) bond motifs is 1. The molecule has 1 aromatic carbocycles. The first-order chi connectivity index (χ1) is 13.2. The van der Waals surface area contributed by atoms with Gasteiger partial charge in [0, 0.05) is 23.2 Å². The fourth-order valence-electron chi connectivity index (χ4n) is 4.51. The maximum atomic E-state index is 11.2. The van der Waals surface area contributed by atoms with Crippen molar-refractivity contribution in [2.75, 3.05) is 5.32 Å². The first-order valence-corrected chi connectivity index (χ1v) is 9.83. The van der Waals surface area contributed by atoms with Crippen LogP contribution in [0.3, 0.4) is 0 Å². The Morgan fingerprint density at radius 2 is 2.00 bits per heavy atom. The fourth-order valence-corrected chi connectivity index (χ4v) is 4.51. The van der Waals surface area contributed by atoms with Crippen LogP contribution in [0.5, 0.6) is 0 Å². The summed E-state index contributed by atoms with van der Waals surface area (Å²) in [6.45, 7) is 8.32. The van der Waals surface area contributed by atoms with Crippen molar-refractivity contribution in [1.82, 2.24) is 15.4 Å². The number of benzene rings is 1. The van der Waals surface area contributed by atoms with Gasteiger partial charge in [-0.25, -0.2) is 4.63 Å². The van der Waals surface area contributed by atoms with Gasteiger partial charge in [0.1, 0.15) is 0 Å². The van der Waals surface area contributed by atoms with Crippen molar-refractivity contribution in [3.8, 4) is 0 Å². The van der Waals surface area contributed by atoms with Crippen LogP contribution in [0.2, 0.25) is 0 Å². The Balaban J connectivity index is 1.86. The highest BCUT2D eigenvalue weighted by Gasteiger charge is 2.47. The second kappa shape index (κ2) is 7.63. The Hall–Kier alpha value is -2.26. The van der Waals surface area contributed by atoms with E-state index in [9.17, 15) is 15.3 Å². The molecule has 1 fully saturated rings. The number of anilines is 1. The molecular weight excluding hydrogens is 362 g/mol. The summed E-state index contributed by atoms with van der Waals surface area (Å²) >= 11 is 0. The smallest absolute Gasteiger partial charge is 0.300 e. The minimum Gasteiger partial charge on any atom is -0.380 e. The number of nitro benzene ring substituents is 1. The van der Waals surface area contributed by atoms with Crippen molar-refractivity contribution >= 4 is 22.4 Å². The van der Waals surface area contributed by atoms with Crippen LogP contribution in [0.4, 0.5) is 11.4 Å². The molecule has 2 heterocycles. The quantitative estimate of drug-likeness (QED) is 0.402. The van der Waals surface area contributed by atoms with Crippen molar-refractivity contribution < 1.29 is 14.8 Å². The maximum Gasteiger partial charge on any atom is 0.300 e. The van der Waals surface area contributed by atoms with Crippen LogP contribution >= 0.6 is 0 Å². The Kier molecular flexibility index (Phi) is 5.58. The number of hydroxylamine groups is 2. The molecule has 154 valence electrons. The molecular formula is C19H29N5O4. The van der Waals surface area contributed by atoms with Crippen LogP contribution in [0, 0.1) is 10.1 Å². The molecule has 9 nitrogen and oxygen atoms in total. The van der Waals surface area contributed by atoms with Crippen LogP contribution in [-0.2, 0) is 0 Å². The number of piperidine rings is 1. The van der Waals surface area contributed by atoms with Crippen LogP contribution in [0.15, 0.2) is 16.8 Å². The standard InChI is InChI=1S/C19H29N5O4/c1-5-6-7-10-19(4)12-13(11-18(2,3)24(19)27)20-14-8-9-15(23(25)26)17-16(14)21-28-22-17/h8-9,13,20,27H,5-7,10-12H2,1-4H3. The molecule has 0 bridgehead atoms. The molecule has 9 heteroatoms. The number of rotatable bonds is 7. The minimum absolute atomic E-state index is 0.0754. The Bertz CT molecular complexity index is 852. The first-order valence-electron chi connectivity index (χ1n) is 9.83. The molecule has 28 heavy (non-hydrogen) atoms. The van der Waals surface area contributed by atoms with Crippen LogP contribution in [0.1, 0.15) is 66.2 Å². The third kappa shape index (κ3) is 3.81. The van der Waals surface area contributed by atoms with E-state index in [1.807, 2.05) is 13.8 Å². The summed E-state index contributed by atoms with van der Waals surface area (Å²) in [5, 5.41) is 34.6. The van der Waals surface area contributed by atoms with Gasteiger partial charge in [0.05, 0.1) is 10.6 Å². The van der Waals surface area contributed by atoms with E-state index >= 15 is 0 Å². The number of aromatic nitrogens is 2. The summed E-state index contributed by atoms with van der Waals surface area (Å²) in [5.74, 6) is 0. The molecule has 0 saturated carbocycles. The monoisotopic (exact) mass is 391 g/mol. The topological polar surface area (TPSA) is 118 Å². The van der Waals surface area contributed by atoms with E-state index in [0.29, 0.717) is 11.2 Å². The molecule has 2 unspecified atom stereocenters. The van der Waals surface area contributed by atoms with Gasteiger partial charge in [0.25, 0.3) is 0 Å². The summed E-state index contributed by atoms with van der Waals surface area (Å²) in [4.78, 5) is 10.7. The van der Waals surface area contributed by atoms with Crippen LogP contribution in [0.25, 0.3) is 11.0 Å². The summed E-state index contributed by atoms with van der Waals surface area (Å²) in [5.41, 5.74) is 0.266. The lowest BCUT2D eigenvalue weighted by atomic mass is 9.75. The zero-order valence-corrected chi connectivity index (χ0v) is 16.9. The number of hydrogen-bond donors (Lipinski definition) is 2. The molecule has 2 atom stereocenters. The molecule has 1 saturated heterocycles. The number of nitrogens with zero attached hydrogens (tertiary/aromatic N) is 4. The van der Waals surface area contributed by atoms with Gasteiger partial charge in [-0.1, -0.05) is 26.2 Å². The van der Waals surface area contributed by atoms with Gasteiger partial charge in [-0.05, 0) is 56.4 Å². The molecule has 0 aliphatic carbocycles. The number of non-ortho nitro benzene ring substituents is 1. The zero-order chi connectivity index (χ0) is 20.5. The predicted octanol–water partition coefficient (Wildman–Crippen LogP) is 4.51. The van der Waals surface area contributed by atoms with E-state index in [-0.39, 0.29) is 22.8 Å². The highest BCUT2D eigenvalue weighted by Crippen LogP contribution is 2.41. The highest BCUT2D eigenvalue weighted by molar-refractivity contribution is 5.93. The van der Waals surface area contributed by atoms with Gasteiger partial charge in [-0.15, -0.1) is 0 Å². The average Bonchev–Trinajstić information content (AvgIpc) is 3.10. The van der Waals surface area contributed by atoms with E-state index in [2.05, 4.69) is 29.5 Å². The summed E-state index contributed by atoms with van der Waals surface area (Å²) in [6, 6.07) is 3.14. The first kappa shape index (κ1) is 20.5. The molecule has 1 aliphatic heterocycles. The molecule has 2 aromatic rings. The lowest BCUT2D eigenvalue weighted by Crippen LogP contribution is -2.62. The molecule has 0 spiro atoms. The Labute approximate surface area is 164 Å². The van der Waals surface area contributed by atoms with Crippen molar-refractivity contribution in [2.45, 2.75) is 83.3 Å². The number of nitro groups is 1. The van der Waals surface area contributed by atoms with Crippen molar-refractivity contribution in [1.29, 1.82) is 0 Å². The summed E-state index contributed by atoms with van der Waals surface area (Å²) in [7, 11) is 0. The van der Waals surface area contributed by atoms with Gasteiger partial charge in [0.15, 0.2) is 5.52 Å². The van der Waals surface area contributed by atoms with E-state index in [1.165, 1.54) is 11.1 Å². The normalized spacial score (nSPS) is 25.1. The van der Waals surface area contributed by atoms with Gasteiger partial charge < -0.3 is 10.5 Å². The minimum atomic E-state index is -0.492. The zero-order valence-electron chi connectivity index (χ0n) is 16.9. The Morgan fingerprint density at radius 3 is 2.68 bits per heavy atom. The summed E-state index contributed by atoms with van der Waals surface area (Å²) < 4.78 is 4.76. The van der Waals surface area contributed by atoms with Gasteiger partial charge >= 0.3 is 5.69 Å². The second-order valence-corrected chi connectivity index (χ2v) is 8.68. The van der Waals surface area contributed by atoms with Crippen molar-refractivity contribution in [3.05, 3.63) is 22.2 Å². The average molecular weight is 391 g/mol. The third-order valence-electron chi connectivity index (χ3n) is 5.79. The number of unbranched alkanes of at least 4 members (excludes halogenated alkanes) is 2. The van der Waals surface area contributed by atoms with Gasteiger partial charge in [-0.3, -0.25) is 10.1 Å². The van der Waals surface area contributed by atoms with E-state index in [1.54, 1.807) is 6.07 Å². The molecule has 0 amide bonds. The Morgan fingerprint density at radius 1 is 1.29 bits per heavy atom. The molecule has 1 aliphatic rings. The van der Waals surface area contributed by atoms with Crippen molar-refractivity contribution in [3.63, 3.8) is 0 Å². The van der Waals surface area contributed by atoms with Gasteiger partial charge in [0.2, 0.25) is 5.52 Å². The van der Waals surface area contributed by atoms with Crippen molar-refractivity contribution in [2.24, 2.45) is 0 Å². The number of hydrogen-bond acceptors (Lipinski definition) is 8. The molecule has 1 aromatic heterocycles. The third-order valence-corrected chi connectivity index (χ3v) is 5.79. The maximum absolute atomic E-state index is 11.2. The van der Waals surface area contributed by atoms with Gasteiger partial charge in [-0.2, -0.15) is 5.06 Å². The fraction of sp³-hybridized carbons (Fsp3) is 0.684. The highest BCUT2D eigenvalue weighted by atomic mass is 16.6.